The number of rotatable bonds is 3. The van der Waals surface area contributed by atoms with Gasteiger partial charge in [-0.2, -0.15) is 5.10 Å². The van der Waals surface area contributed by atoms with Crippen molar-refractivity contribution in [3.63, 3.8) is 0 Å². The summed E-state index contributed by atoms with van der Waals surface area (Å²) in [5, 5.41) is 9.78. The molecule has 1 amide bonds. The lowest BCUT2D eigenvalue weighted by Crippen LogP contribution is -2.26. The number of nitrogens with one attached hydrogen (secondary N) is 2. The molecule has 0 bridgehead atoms. The molecule has 20 heavy (non-hydrogen) atoms. The Morgan fingerprint density at radius 3 is 3.10 bits per heavy atom. The number of nitrogens with zero attached hydrogens (tertiary/aromatic N) is 1. The second-order valence-electron chi connectivity index (χ2n) is 4.42. The molecular formula is C13H12ClN3O3. The third-order valence-electron chi connectivity index (χ3n) is 3.06. The maximum atomic E-state index is 12.2. The van der Waals surface area contributed by atoms with Crippen LogP contribution in [0.25, 0.3) is 0 Å². The number of carbonyl (C=O) groups excluding carboxylic acids is 1. The highest BCUT2D eigenvalue weighted by Gasteiger charge is 2.21. The number of ether oxygens (including phenoxy) is 2. The number of H-pyrrole nitrogens is 1. The molecule has 1 aliphatic heterocycles. The number of fused-ring (bicyclic) bond motifs is 1. The van der Waals surface area contributed by atoms with Gasteiger partial charge in [0.2, 0.25) is 6.79 Å². The number of amides is 1. The molecule has 7 heteroatoms. The Balaban J connectivity index is 1.79. The average molecular weight is 294 g/mol. The van der Waals surface area contributed by atoms with E-state index in [0.717, 1.165) is 5.56 Å². The van der Waals surface area contributed by atoms with Crippen molar-refractivity contribution in [2.75, 3.05) is 6.79 Å². The van der Waals surface area contributed by atoms with E-state index in [0.29, 0.717) is 22.1 Å². The first kappa shape index (κ1) is 12.8. The van der Waals surface area contributed by atoms with Gasteiger partial charge in [0.15, 0.2) is 11.5 Å². The Bertz CT molecular complexity index is 643. The minimum atomic E-state index is -0.237. The Morgan fingerprint density at radius 2 is 2.35 bits per heavy atom. The monoisotopic (exact) mass is 293 g/mol. The van der Waals surface area contributed by atoms with Gasteiger partial charge in [0.25, 0.3) is 5.91 Å². The van der Waals surface area contributed by atoms with E-state index in [1.165, 1.54) is 0 Å². The molecule has 104 valence electrons. The summed E-state index contributed by atoms with van der Waals surface area (Å²) in [5.41, 5.74) is 1.32. The molecule has 1 aromatic heterocycles. The second kappa shape index (κ2) is 5.05. The molecule has 0 saturated heterocycles. The highest BCUT2D eigenvalue weighted by atomic mass is 35.5. The summed E-state index contributed by atoms with van der Waals surface area (Å²) in [4.78, 5) is 12.2. The van der Waals surface area contributed by atoms with E-state index in [-0.39, 0.29) is 18.7 Å². The highest BCUT2D eigenvalue weighted by molar-refractivity contribution is 6.32. The van der Waals surface area contributed by atoms with E-state index in [9.17, 15) is 4.79 Å². The van der Waals surface area contributed by atoms with Crippen LogP contribution in [0.15, 0.2) is 24.5 Å². The zero-order chi connectivity index (χ0) is 14.1. The van der Waals surface area contributed by atoms with Crippen LogP contribution in [0.5, 0.6) is 11.5 Å². The largest absolute Gasteiger partial charge is 0.454 e. The quantitative estimate of drug-likeness (QED) is 0.910. The fourth-order valence-electron chi connectivity index (χ4n) is 1.96. The number of aromatic nitrogens is 2. The summed E-state index contributed by atoms with van der Waals surface area (Å²) in [7, 11) is 0. The molecule has 0 aliphatic carbocycles. The van der Waals surface area contributed by atoms with Gasteiger partial charge >= 0.3 is 0 Å². The van der Waals surface area contributed by atoms with Crippen molar-refractivity contribution in [3.05, 3.63) is 40.7 Å². The lowest BCUT2D eigenvalue weighted by Gasteiger charge is -2.12. The third kappa shape index (κ3) is 2.30. The van der Waals surface area contributed by atoms with Crippen molar-refractivity contribution >= 4 is 17.5 Å². The number of carbonyl (C=O) groups is 1. The van der Waals surface area contributed by atoms with Gasteiger partial charge in [-0.05, 0) is 19.1 Å². The van der Waals surface area contributed by atoms with Crippen LogP contribution in [0, 0.1) is 0 Å². The number of hydrogen-bond acceptors (Lipinski definition) is 4. The van der Waals surface area contributed by atoms with E-state index in [2.05, 4.69) is 15.5 Å². The second-order valence-corrected chi connectivity index (χ2v) is 4.83. The van der Waals surface area contributed by atoms with Crippen LogP contribution in [-0.2, 0) is 0 Å². The van der Waals surface area contributed by atoms with E-state index in [1.807, 2.05) is 6.92 Å². The van der Waals surface area contributed by atoms with E-state index < -0.39 is 0 Å². The molecule has 1 atom stereocenters. The maximum absolute atomic E-state index is 12.2. The molecule has 0 spiro atoms. The van der Waals surface area contributed by atoms with Crippen molar-refractivity contribution in [3.8, 4) is 11.5 Å². The van der Waals surface area contributed by atoms with Crippen LogP contribution in [0.2, 0.25) is 5.02 Å². The highest BCUT2D eigenvalue weighted by Crippen LogP contribution is 2.39. The molecule has 1 aliphatic rings. The molecule has 0 saturated carbocycles. The summed E-state index contributed by atoms with van der Waals surface area (Å²) >= 11 is 6.05. The van der Waals surface area contributed by atoms with Crippen molar-refractivity contribution in [2.24, 2.45) is 0 Å². The van der Waals surface area contributed by atoms with Gasteiger partial charge in [0.1, 0.15) is 0 Å². The van der Waals surface area contributed by atoms with Crippen LogP contribution in [0.1, 0.15) is 28.9 Å². The fourth-order valence-corrected chi connectivity index (χ4v) is 2.22. The van der Waals surface area contributed by atoms with Crippen LogP contribution >= 0.6 is 11.6 Å². The molecule has 2 aromatic rings. The zero-order valence-electron chi connectivity index (χ0n) is 10.6. The number of halogens is 1. The molecule has 2 N–H and O–H groups in total. The Labute approximate surface area is 120 Å². The number of aromatic amines is 1. The molecule has 2 heterocycles. The van der Waals surface area contributed by atoms with Crippen LogP contribution in [0.3, 0.4) is 0 Å². The van der Waals surface area contributed by atoms with Crippen molar-refractivity contribution in [1.29, 1.82) is 0 Å². The van der Waals surface area contributed by atoms with Gasteiger partial charge in [-0.25, -0.2) is 0 Å². The molecule has 3 rings (SSSR count). The van der Waals surface area contributed by atoms with Crippen LogP contribution < -0.4 is 14.8 Å². The zero-order valence-corrected chi connectivity index (χ0v) is 11.4. The van der Waals surface area contributed by atoms with Gasteiger partial charge in [-0.15, -0.1) is 0 Å². The Morgan fingerprint density at radius 1 is 1.50 bits per heavy atom. The minimum absolute atomic E-state index is 0.117. The Hall–Kier alpha value is -2.21. The van der Waals surface area contributed by atoms with Crippen LogP contribution in [-0.4, -0.2) is 22.9 Å². The molecule has 1 unspecified atom stereocenters. The minimum Gasteiger partial charge on any atom is -0.454 e. The van der Waals surface area contributed by atoms with Gasteiger partial charge in [0, 0.05) is 17.3 Å². The third-order valence-corrected chi connectivity index (χ3v) is 3.34. The first-order valence-electron chi connectivity index (χ1n) is 6.04. The summed E-state index contributed by atoms with van der Waals surface area (Å²) in [6.45, 7) is 1.99. The topological polar surface area (TPSA) is 76.2 Å². The smallest absolute Gasteiger partial charge is 0.251 e. The fraction of sp³-hybridized carbons (Fsp3) is 0.231. The standard InChI is InChI=1S/C13H12ClN3O3/c1-7(9-4-15-16-5-9)17-13(18)8-2-10(14)12-11(3-8)19-6-20-12/h2-5,7H,6H2,1H3,(H,15,16)(H,17,18). The SMILES string of the molecule is CC(NC(=O)c1cc(Cl)c2c(c1)OCO2)c1cn[nH]c1. The lowest BCUT2D eigenvalue weighted by molar-refractivity contribution is 0.0939. The summed E-state index contributed by atoms with van der Waals surface area (Å²) in [5.74, 6) is 0.726. The summed E-state index contributed by atoms with van der Waals surface area (Å²) in [6.07, 6.45) is 3.40. The predicted molar refractivity (Wildman–Crippen MR) is 72.0 cm³/mol. The maximum Gasteiger partial charge on any atom is 0.251 e. The van der Waals surface area contributed by atoms with Gasteiger partial charge in [-0.1, -0.05) is 11.6 Å². The lowest BCUT2D eigenvalue weighted by atomic mass is 10.1. The first-order chi connectivity index (χ1) is 9.65. The molecule has 0 radical (unpaired) electrons. The summed E-state index contributed by atoms with van der Waals surface area (Å²) in [6, 6.07) is 3.02. The van der Waals surface area contributed by atoms with Gasteiger partial charge in [0.05, 0.1) is 17.3 Å². The normalized spacial score (nSPS) is 14.1. The van der Waals surface area contributed by atoms with Crippen molar-refractivity contribution < 1.29 is 14.3 Å². The Kier molecular flexibility index (Phi) is 3.23. The molecule has 1 aromatic carbocycles. The number of hydrogen-bond donors (Lipinski definition) is 2. The van der Waals surface area contributed by atoms with E-state index >= 15 is 0 Å². The molecule has 0 fully saturated rings. The van der Waals surface area contributed by atoms with E-state index in [4.69, 9.17) is 21.1 Å². The predicted octanol–water partition coefficient (Wildman–Crippen LogP) is 2.28. The van der Waals surface area contributed by atoms with Crippen molar-refractivity contribution in [2.45, 2.75) is 13.0 Å². The molecule has 6 nitrogen and oxygen atoms in total. The van der Waals surface area contributed by atoms with E-state index in [1.54, 1.807) is 24.5 Å². The van der Waals surface area contributed by atoms with Gasteiger partial charge in [-0.3, -0.25) is 9.89 Å². The number of benzene rings is 1. The summed E-state index contributed by atoms with van der Waals surface area (Å²) < 4.78 is 10.5. The van der Waals surface area contributed by atoms with Gasteiger partial charge < -0.3 is 14.8 Å². The van der Waals surface area contributed by atoms with Crippen LogP contribution in [0.4, 0.5) is 0 Å². The average Bonchev–Trinajstić information content (AvgIpc) is 3.09. The first-order valence-corrected chi connectivity index (χ1v) is 6.41. The van der Waals surface area contributed by atoms with Crippen molar-refractivity contribution in [1.82, 2.24) is 15.5 Å². The molecular weight excluding hydrogens is 282 g/mol.